The lowest BCUT2D eigenvalue weighted by Gasteiger charge is -2.10. The minimum absolute atomic E-state index is 0.176. The van der Waals surface area contributed by atoms with Gasteiger partial charge in [0.25, 0.3) is 5.56 Å². The number of nitrogens with zero attached hydrogens (tertiary/aromatic N) is 5. The topological polar surface area (TPSA) is 88.7 Å². The van der Waals surface area contributed by atoms with E-state index in [9.17, 15) is 9.35 Å². The zero-order valence-electron chi connectivity index (χ0n) is 12.8. The molecular formula is C15H15N5O2S. The minimum atomic E-state index is -1.34. The first-order chi connectivity index (χ1) is 11.0. The Kier molecular flexibility index (Phi) is 4.01. The van der Waals surface area contributed by atoms with Gasteiger partial charge in [-0.25, -0.2) is 14.3 Å². The molecule has 0 aromatic carbocycles. The van der Waals surface area contributed by atoms with E-state index in [0.717, 1.165) is 5.69 Å². The second kappa shape index (κ2) is 5.98. The molecule has 1 unspecified atom stereocenters. The average Bonchev–Trinajstić information content (AvgIpc) is 2.80. The summed E-state index contributed by atoms with van der Waals surface area (Å²) in [7, 11) is 0. The molecule has 0 aliphatic rings. The lowest BCUT2D eigenvalue weighted by atomic mass is 10.4. The highest BCUT2D eigenvalue weighted by Crippen LogP contribution is 2.16. The van der Waals surface area contributed by atoms with Crippen LogP contribution in [0, 0.1) is 6.92 Å². The molecule has 3 aromatic rings. The standard InChI is InChI=1S/C15H15N5O2S/c1-4-8-19-14(21)11-9-16-15(23(3)22)18-13(11)20(19)12-7-5-6-10(2)17-12/h4-7,9H,1,8H2,2-3H3. The maximum absolute atomic E-state index is 12.6. The fourth-order valence-corrected chi connectivity index (χ4v) is 2.73. The third-order valence-electron chi connectivity index (χ3n) is 3.30. The molecule has 0 spiro atoms. The zero-order chi connectivity index (χ0) is 16.6. The van der Waals surface area contributed by atoms with Gasteiger partial charge in [-0.2, -0.15) is 9.97 Å². The molecule has 0 saturated carbocycles. The molecule has 0 bridgehead atoms. The Morgan fingerprint density at radius 1 is 1.39 bits per heavy atom. The van der Waals surface area contributed by atoms with Crippen LogP contribution in [0.25, 0.3) is 16.9 Å². The number of rotatable bonds is 4. The van der Waals surface area contributed by atoms with Crippen molar-refractivity contribution < 1.29 is 4.55 Å². The molecule has 0 aliphatic carbocycles. The minimum Gasteiger partial charge on any atom is -0.609 e. The molecule has 0 saturated heterocycles. The lowest BCUT2D eigenvalue weighted by molar-refractivity contribution is 0.586. The Hall–Kier alpha value is -2.45. The van der Waals surface area contributed by atoms with Crippen molar-refractivity contribution in [3.63, 3.8) is 0 Å². The van der Waals surface area contributed by atoms with Crippen LogP contribution >= 0.6 is 0 Å². The summed E-state index contributed by atoms with van der Waals surface area (Å²) in [5, 5.41) is 0.527. The van der Waals surface area contributed by atoms with Crippen molar-refractivity contribution in [2.45, 2.75) is 18.6 Å². The normalized spacial score (nSPS) is 12.5. The van der Waals surface area contributed by atoms with Crippen LogP contribution < -0.4 is 5.56 Å². The molecule has 0 fully saturated rings. The predicted octanol–water partition coefficient (Wildman–Crippen LogP) is 1.21. The number of allylic oxidation sites excluding steroid dienone is 1. The van der Waals surface area contributed by atoms with Crippen LogP contribution in [-0.2, 0) is 17.7 Å². The molecule has 118 valence electrons. The van der Waals surface area contributed by atoms with Gasteiger partial charge in [-0.1, -0.05) is 12.1 Å². The molecule has 0 aliphatic heterocycles. The van der Waals surface area contributed by atoms with E-state index in [4.69, 9.17) is 0 Å². The Bertz CT molecular complexity index is 945. The van der Waals surface area contributed by atoms with Gasteiger partial charge in [0.2, 0.25) is 0 Å². The number of hydrogen-bond acceptors (Lipinski definition) is 5. The lowest BCUT2D eigenvalue weighted by Crippen LogP contribution is -2.22. The van der Waals surface area contributed by atoms with Gasteiger partial charge in [0.05, 0.1) is 12.7 Å². The summed E-state index contributed by atoms with van der Waals surface area (Å²) in [6, 6.07) is 5.51. The molecule has 3 rings (SSSR count). The van der Waals surface area contributed by atoms with Crippen LogP contribution in [0.4, 0.5) is 0 Å². The number of aryl methyl sites for hydroxylation is 1. The summed E-state index contributed by atoms with van der Waals surface area (Å²) in [6.07, 6.45) is 4.53. The fourth-order valence-electron chi connectivity index (χ4n) is 2.32. The van der Waals surface area contributed by atoms with Gasteiger partial charge in [0.1, 0.15) is 11.6 Å². The maximum atomic E-state index is 12.6. The largest absolute Gasteiger partial charge is 0.609 e. The second-order valence-electron chi connectivity index (χ2n) is 4.97. The molecule has 0 radical (unpaired) electrons. The van der Waals surface area contributed by atoms with Crippen LogP contribution in [0.3, 0.4) is 0 Å². The fraction of sp³-hybridized carbons (Fsp3) is 0.200. The van der Waals surface area contributed by atoms with Crippen LogP contribution in [0.15, 0.2) is 47.0 Å². The molecule has 8 heteroatoms. The summed E-state index contributed by atoms with van der Waals surface area (Å²) in [5.41, 5.74) is 0.960. The SMILES string of the molecule is C=CCn1c(=O)c2cnc([S+](C)[O-])nc2n1-c1cccc(C)n1. The van der Waals surface area contributed by atoms with Crippen molar-refractivity contribution >= 4 is 22.2 Å². The van der Waals surface area contributed by atoms with E-state index in [1.54, 1.807) is 16.8 Å². The van der Waals surface area contributed by atoms with E-state index in [-0.39, 0.29) is 10.7 Å². The highest BCUT2D eigenvalue weighted by molar-refractivity contribution is 7.90. The van der Waals surface area contributed by atoms with E-state index in [1.807, 2.05) is 19.1 Å². The molecule has 0 N–H and O–H groups in total. The molecule has 1 atom stereocenters. The average molecular weight is 329 g/mol. The number of pyridine rings is 1. The zero-order valence-corrected chi connectivity index (χ0v) is 13.6. The van der Waals surface area contributed by atoms with Crippen LogP contribution in [0.5, 0.6) is 0 Å². The van der Waals surface area contributed by atoms with E-state index >= 15 is 0 Å². The monoisotopic (exact) mass is 329 g/mol. The van der Waals surface area contributed by atoms with E-state index in [2.05, 4.69) is 21.5 Å². The smallest absolute Gasteiger partial charge is 0.344 e. The van der Waals surface area contributed by atoms with Gasteiger partial charge in [-0.15, -0.1) is 6.58 Å². The summed E-state index contributed by atoms with van der Waals surface area (Å²) in [5.74, 6) is 0.561. The van der Waals surface area contributed by atoms with Gasteiger partial charge >= 0.3 is 5.16 Å². The Balaban J connectivity index is 2.40. The quantitative estimate of drug-likeness (QED) is 0.408. The van der Waals surface area contributed by atoms with Crippen molar-refractivity contribution in [2.75, 3.05) is 6.26 Å². The first-order valence-corrected chi connectivity index (χ1v) is 8.45. The summed E-state index contributed by atoms with van der Waals surface area (Å²) in [4.78, 5) is 25.4. The van der Waals surface area contributed by atoms with E-state index < -0.39 is 11.2 Å². The number of hydrogen-bond donors (Lipinski definition) is 0. The Labute approximate surface area is 135 Å². The second-order valence-corrected chi connectivity index (χ2v) is 6.24. The van der Waals surface area contributed by atoms with E-state index in [1.165, 1.54) is 17.1 Å². The first-order valence-electron chi connectivity index (χ1n) is 6.90. The number of aromatic nitrogens is 5. The third-order valence-corrected chi connectivity index (χ3v) is 4.01. The Morgan fingerprint density at radius 2 is 2.17 bits per heavy atom. The molecule has 7 nitrogen and oxygen atoms in total. The predicted molar refractivity (Wildman–Crippen MR) is 88.2 cm³/mol. The van der Waals surface area contributed by atoms with E-state index in [0.29, 0.717) is 23.4 Å². The number of fused-ring (bicyclic) bond motifs is 1. The van der Waals surface area contributed by atoms with Crippen molar-refractivity contribution in [1.29, 1.82) is 0 Å². The van der Waals surface area contributed by atoms with Crippen LogP contribution in [0.1, 0.15) is 5.69 Å². The first kappa shape index (κ1) is 15.4. The van der Waals surface area contributed by atoms with Crippen LogP contribution in [-0.4, -0.2) is 35.1 Å². The summed E-state index contributed by atoms with van der Waals surface area (Å²) in [6.45, 7) is 5.86. The molecule has 3 aromatic heterocycles. The van der Waals surface area contributed by atoms with Gasteiger partial charge < -0.3 is 4.55 Å². The summed E-state index contributed by atoms with van der Waals surface area (Å²) >= 11 is -1.34. The van der Waals surface area contributed by atoms with Gasteiger partial charge in [-0.05, 0) is 19.1 Å². The van der Waals surface area contributed by atoms with Gasteiger partial charge in [-0.3, -0.25) is 4.79 Å². The van der Waals surface area contributed by atoms with Crippen molar-refractivity contribution in [2.24, 2.45) is 0 Å². The maximum Gasteiger partial charge on any atom is 0.344 e. The van der Waals surface area contributed by atoms with Gasteiger partial charge in [0, 0.05) is 16.9 Å². The highest BCUT2D eigenvalue weighted by Gasteiger charge is 2.20. The third kappa shape index (κ3) is 2.66. The summed E-state index contributed by atoms with van der Waals surface area (Å²) < 4.78 is 14.8. The molecule has 3 heterocycles. The van der Waals surface area contributed by atoms with Crippen molar-refractivity contribution in [3.05, 3.63) is 53.1 Å². The van der Waals surface area contributed by atoms with Crippen molar-refractivity contribution in [3.8, 4) is 5.82 Å². The molecule has 23 heavy (non-hydrogen) atoms. The van der Waals surface area contributed by atoms with Crippen LogP contribution in [0.2, 0.25) is 0 Å². The van der Waals surface area contributed by atoms with Crippen molar-refractivity contribution in [1.82, 2.24) is 24.3 Å². The molecule has 0 amide bonds. The Morgan fingerprint density at radius 3 is 2.83 bits per heavy atom. The molecular weight excluding hydrogens is 314 g/mol. The highest BCUT2D eigenvalue weighted by atomic mass is 32.2. The van der Waals surface area contributed by atoms with Gasteiger partial charge in [0.15, 0.2) is 11.5 Å².